The molecule has 1 fully saturated rings. The van der Waals surface area contributed by atoms with Crippen LogP contribution < -0.4 is 10.1 Å². The lowest BCUT2D eigenvalue weighted by Gasteiger charge is -2.40. The number of nitrogens with zero attached hydrogens (tertiary/aromatic N) is 1. The molecule has 1 N–H and O–H groups in total. The van der Waals surface area contributed by atoms with Crippen LogP contribution in [0.5, 0.6) is 5.75 Å². The van der Waals surface area contributed by atoms with E-state index in [4.69, 9.17) is 16.3 Å². The van der Waals surface area contributed by atoms with Crippen LogP contribution in [-0.4, -0.2) is 22.5 Å². The standard InChI is InChI=1S/C16H25ClN2O/c1-12(2)20-14-7-5-9-18-15(14)19-16(11-17)8-4-6-13(3)10-16/h5,7,9,12-13H,4,6,8,10-11H2,1-3H3,(H,18,19). The quantitative estimate of drug-likeness (QED) is 0.814. The first-order valence-electron chi connectivity index (χ1n) is 7.50. The second kappa shape index (κ2) is 6.66. The van der Waals surface area contributed by atoms with Crippen LogP contribution in [0, 0.1) is 5.92 Å². The molecule has 0 aliphatic heterocycles. The Morgan fingerprint density at radius 2 is 2.35 bits per heavy atom. The molecule has 0 radical (unpaired) electrons. The predicted molar refractivity (Wildman–Crippen MR) is 84.7 cm³/mol. The van der Waals surface area contributed by atoms with Crippen molar-refractivity contribution in [2.45, 2.75) is 58.1 Å². The van der Waals surface area contributed by atoms with Crippen LogP contribution >= 0.6 is 11.6 Å². The van der Waals surface area contributed by atoms with Crippen molar-refractivity contribution in [1.82, 2.24) is 4.98 Å². The summed E-state index contributed by atoms with van der Waals surface area (Å²) in [7, 11) is 0. The highest BCUT2D eigenvalue weighted by Gasteiger charge is 2.35. The molecular weight excluding hydrogens is 272 g/mol. The molecule has 2 rings (SSSR count). The van der Waals surface area contributed by atoms with Crippen molar-refractivity contribution < 1.29 is 4.74 Å². The first-order valence-corrected chi connectivity index (χ1v) is 8.04. The van der Waals surface area contributed by atoms with Gasteiger partial charge in [-0.1, -0.05) is 19.8 Å². The number of nitrogens with one attached hydrogen (secondary N) is 1. The van der Waals surface area contributed by atoms with Gasteiger partial charge >= 0.3 is 0 Å². The molecule has 0 amide bonds. The van der Waals surface area contributed by atoms with Gasteiger partial charge in [0.2, 0.25) is 0 Å². The highest BCUT2D eigenvalue weighted by Crippen LogP contribution is 2.37. The lowest BCUT2D eigenvalue weighted by Crippen LogP contribution is -2.44. The van der Waals surface area contributed by atoms with E-state index in [0.717, 1.165) is 24.4 Å². The third kappa shape index (κ3) is 3.78. The van der Waals surface area contributed by atoms with Crippen LogP contribution in [0.1, 0.15) is 46.5 Å². The Hall–Kier alpha value is -0.960. The Kier molecular flexibility index (Phi) is 5.14. The molecule has 2 atom stereocenters. The van der Waals surface area contributed by atoms with Gasteiger partial charge in [-0.15, -0.1) is 11.6 Å². The number of aromatic nitrogens is 1. The fourth-order valence-electron chi connectivity index (χ4n) is 3.01. The van der Waals surface area contributed by atoms with Gasteiger partial charge in [-0.05, 0) is 44.7 Å². The van der Waals surface area contributed by atoms with Crippen LogP contribution in [0.3, 0.4) is 0 Å². The number of hydrogen-bond donors (Lipinski definition) is 1. The first kappa shape index (κ1) is 15.4. The maximum Gasteiger partial charge on any atom is 0.169 e. The van der Waals surface area contributed by atoms with Gasteiger partial charge in [-0.25, -0.2) is 4.98 Å². The van der Waals surface area contributed by atoms with E-state index in [2.05, 4.69) is 17.2 Å². The van der Waals surface area contributed by atoms with Crippen molar-refractivity contribution in [3.05, 3.63) is 18.3 Å². The van der Waals surface area contributed by atoms with E-state index >= 15 is 0 Å². The molecule has 0 spiro atoms. The van der Waals surface area contributed by atoms with Crippen molar-refractivity contribution in [3.63, 3.8) is 0 Å². The lowest BCUT2D eigenvalue weighted by molar-refractivity contribution is 0.240. The second-order valence-corrected chi connectivity index (χ2v) is 6.52. The molecule has 1 aliphatic rings. The van der Waals surface area contributed by atoms with Gasteiger partial charge in [0.1, 0.15) is 0 Å². The average Bonchev–Trinajstić information content (AvgIpc) is 2.40. The van der Waals surface area contributed by atoms with E-state index in [0.29, 0.717) is 11.8 Å². The summed E-state index contributed by atoms with van der Waals surface area (Å²) < 4.78 is 5.84. The highest BCUT2D eigenvalue weighted by molar-refractivity contribution is 6.18. The maximum atomic E-state index is 6.28. The van der Waals surface area contributed by atoms with Gasteiger partial charge in [0.15, 0.2) is 11.6 Å². The van der Waals surface area contributed by atoms with Gasteiger partial charge in [0.25, 0.3) is 0 Å². The number of ether oxygens (including phenoxy) is 1. The number of alkyl halides is 1. The summed E-state index contributed by atoms with van der Waals surface area (Å²) in [6.07, 6.45) is 6.62. The number of anilines is 1. The molecule has 0 aromatic carbocycles. The summed E-state index contributed by atoms with van der Waals surface area (Å²) >= 11 is 6.28. The summed E-state index contributed by atoms with van der Waals surface area (Å²) in [5.41, 5.74) is -0.0529. The van der Waals surface area contributed by atoms with Crippen molar-refractivity contribution in [3.8, 4) is 5.75 Å². The summed E-state index contributed by atoms with van der Waals surface area (Å²) in [5.74, 6) is 2.93. The van der Waals surface area contributed by atoms with Gasteiger partial charge in [0.05, 0.1) is 11.6 Å². The minimum Gasteiger partial charge on any atom is -0.487 e. The Morgan fingerprint density at radius 1 is 1.55 bits per heavy atom. The topological polar surface area (TPSA) is 34.2 Å². The normalized spacial score (nSPS) is 26.6. The molecule has 0 saturated heterocycles. The van der Waals surface area contributed by atoms with E-state index in [1.807, 2.05) is 26.0 Å². The van der Waals surface area contributed by atoms with Crippen molar-refractivity contribution in [2.75, 3.05) is 11.2 Å². The Balaban J connectivity index is 2.19. The summed E-state index contributed by atoms with van der Waals surface area (Å²) in [6, 6.07) is 3.86. The molecule has 20 heavy (non-hydrogen) atoms. The third-order valence-electron chi connectivity index (χ3n) is 3.86. The Morgan fingerprint density at radius 3 is 3.00 bits per heavy atom. The van der Waals surface area contributed by atoms with Crippen LogP contribution in [-0.2, 0) is 0 Å². The van der Waals surface area contributed by atoms with Gasteiger partial charge < -0.3 is 10.1 Å². The number of rotatable bonds is 5. The molecule has 3 nitrogen and oxygen atoms in total. The van der Waals surface area contributed by atoms with Crippen molar-refractivity contribution in [1.29, 1.82) is 0 Å². The third-order valence-corrected chi connectivity index (χ3v) is 4.38. The fraction of sp³-hybridized carbons (Fsp3) is 0.688. The molecule has 1 heterocycles. The molecule has 1 aromatic rings. The van der Waals surface area contributed by atoms with E-state index in [1.54, 1.807) is 6.20 Å². The Bertz CT molecular complexity index is 438. The van der Waals surface area contributed by atoms with Crippen LogP contribution in [0.2, 0.25) is 0 Å². The van der Waals surface area contributed by atoms with Crippen molar-refractivity contribution in [2.24, 2.45) is 5.92 Å². The molecule has 1 saturated carbocycles. The van der Waals surface area contributed by atoms with E-state index < -0.39 is 0 Å². The molecule has 1 aromatic heterocycles. The summed E-state index contributed by atoms with van der Waals surface area (Å²) in [5, 5.41) is 3.58. The maximum absolute atomic E-state index is 6.28. The number of pyridine rings is 1. The van der Waals surface area contributed by atoms with Gasteiger partial charge in [0, 0.05) is 12.1 Å². The smallest absolute Gasteiger partial charge is 0.169 e. The number of hydrogen-bond acceptors (Lipinski definition) is 3. The fourth-order valence-corrected chi connectivity index (χ4v) is 3.32. The lowest BCUT2D eigenvalue weighted by atomic mass is 9.77. The van der Waals surface area contributed by atoms with Crippen LogP contribution in [0.25, 0.3) is 0 Å². The van der Waals surface area contributed by atoms with Crippen LogP contribution in [0.15, 0.2) is 18.3 Å². The second-order valence-electron chi connectivity index (χ2n) is 6.26. The predicted octanol–water partition coefficient (Wildman–Crippen LogP) is 4.47. The summed E-state index contributed by atoms with van der Waals surface area (Å²) in [6.45, 7) is 6.35. The van der Waals surface area contributed by atoms with E-state index in [1.165, 1.54) is 12.8 Å². The molecule has 1 aliphatic carbocycles. The SMILES string of the molecule is CC1CCCC(CCl)(Nc2ncccc2OC(C)C)C1. The van der Waals surface area contributed by atoms with Gasteiger partial charge in [-0.2, -0.15) is 0 Å². The monoisotopic (exact) mass is 296 g/mol. The largest absolute Gasteiger partial charge is 0.487 e. The zero-order valence-electron chi connectivity index (χ0n) is 12.7. The molecule has 4 heteroatoms. The number of halogens is 1. The van der Waals surface area contributed by atoms with Crippen molar-refractivity contribution >= 4 is 17.4 Å². The summed E-state index contributed by atoms with van der Waals surface area (Å²) in [4.78, 5) is 4.45. The Labute approximate surface area is 127 Å². The zero-order valence-corrected chi connectivity index (χ0v) is 13.4. The minimum absolute atomic E-state index is 0.0529. The van der Waals surface area contributed by atoms with E-state index in [9.17, 15) is 0 Å². The highest BCUT2D eigenvalue weighted by atomic mass is 35.5. The average molecular weight is 297 g/mol. The molecule has 2 unspecified atom stereocenters. The molecular formula is C16H25ClN2O. The zero-order chi connectivity index (χ0) is 14.6. The van der Waals surface area contributed by atoms with Crippen LogP contribution in [0.4, 0.5) is 5.82 Å². The minimum atomic E-state index is -0.0529. The molecule has 112 valence electrons. The van der Waals surface area contributed by atoms with Gasteiger partial charge in [-0.3, -0.25) is 0 Å². The van der Waals surface area contributed by atoms with E-state index in [-0.39, 0.29) is 11.6 Å². The first-order chi connectivity index (χ1) is 9.54. The molecule has 0 bridgehead atoms.